The van der Waals surface area contributed by atoms with Gasteiger partial charge in [0.25, 0.3) is 0 Å². The molecule has 1 aromatic rings. The summed E-state index contributed by atoms with van der Waals surface area (Å²) in [5.74, 6) is -0.490. The summed E-state index contributed by atoms with van der Waals surface area (Å²) in [4.78, 5) is 23.2. The highest BCUT2D eigenvalue weighted by Crippen LogP contribution is 2.32. The molecule has 0 aliphatic rings. The summed E-state index contributed by atoms with van der Waals surface area (Å²) < 4.78 is 10.4. The Labute approximate surface area is 137 Å². The molecule has 0 saturated carbocycles. The number of rotatable bonds is 7. The number of hydrogen-bond acceptors (Lipinski definition) is 4. The summed E-state index contributed by atoms with van der Waals surface area (Å²) >= 11 is 0. The van der Waals surface area contributed by atoms with Crippen LogP contribution in [0, 0.1) is 0 Å². The molecule has 1 unspecified atom stereocenters. The molecule has 23 heavy (non-hydrogen) atoms. The van der Waals surface area contributed by atoms with Crippen molar-refractivity contribution in [3.05, 3.63) is 60.2 Å². The van der Waals surface area contributed by atoms with Crippen LogP contribution in [0.2, 0.25) is 0 Å². The number of esters is 1. The number of amides is 1. The van der Waals surface area contributed by atoms with Gasteiger partial charge in [0, 0.05) is 5.57 Å². The first-order valence-corrected chi connectivity index (χ1v) is 7.28. The zero-order chi connectivity index (χ0) is 17.5. The van der Waals surface area contributed by atoms with Crippen molar-refractivity contribution in [1.82, 2.24) is 5.32 Å². The Morgan fingerprint density at radius 1 is 1.17 bits per heavy atom. The first kappa shape index (κ1) is 18.5. The molecule has 0 fully saturated rings. The van der Waals surface area contributed by atoms with Crippen molar-refractivity contribution in [3.63, 3.8) is 0 Å². The van der Waals surface area contributed by atoms with Crippen LogP contribution in [-0.2, 0) is 19.9 Å². The van der Waals surface area contributed by atoms with Crippen molar-refractivity contribution in [2.24, 2.45) is 0 Å². The second kappa shape index (κ2) is 8.17. The fourth-order valence-corrected chi connectivity index (χ4v) is 1.79. The zero-order valence-corrected chi connectivity index (χ0v) is 13.8. The number of hydrogen-bond donors (Lipinski definition) is 1. The first-order chi connectivity index (χ1) is 10.8. The third kappa shape index (κ3) is 5.29. The predicted molar refractivity (Wildman–Crippen MR) is 88.9 cm³/mol. The van der Waals surface area contributed by atoms with Crippen molar-refractivity contribution in [2.45, 2.75) is 26.4 Å². The second-order valence-electron chi connectivity index (χ2n) is 5.41. The molecule has 1 N–H and O–H groups in total. The molecule has 0 bridgehead atoms. The van der Waals surface area contributed by atoms with Gasteiger partial charge in [-0.3, -0.25) is 0 Å². The van der Waals surface area contributed by atoms with E-state index in [4.69, 9.17) is 9.47 Å². The summed E-state index contributed by atoms with van der Waals surface area (Å²) in [6.45, 7) is 12.7. The van der Waals surface area contributed by atoms with E-state index < -0.39 is 17.7 Å². The Balaban J connectivity index is 2.58. The summed E-state index contributed by atoms with van der Waals surface area (Å²) in [5, 5.41) is 2.55. The average molecular weight is 317 g/mol. The Morgan fingerprint density at radius 2 is 1.78 bits per heavy atom. The van der Waals surface area contributed by atoms with Gasteiger partial charge in [-0.1, -0.05) is 43.5 Å². The molecule has 0 saturated heterocycles. The van der Waals surface area contributed by atoms with Gasteiger partial charge in [-0.15, -0.1) is 0 Å². The fourth-order valence-electron chi connectivity index (χ4n) is 1.79. The highest BCUT2D eigenvalue weighted by atomic mass is 16.6. The molecule has 0 aliphatic heterocycles. The van der Waals surface area contributed by atoms with E-state index in [-0.39, 0.29) is 13.2 Å². The normalized spacial score (nSPS) is 12.7. The van der Waals surface area contributed by atoms with E-state index in [1.54, 1.807) is 20.8 Å². The first-order valence-electron chi connectivity index (χ1n) is 7.28. The molecule has 1 amide bonds. The van der Waals surface area contributed by atoms with Crippen molar-refractivity contribution >= 4 is 12.1 Å². The maximum absolute atomic E-state index is 12.0. The molecule has 0 aliphatic carbocycles. The number of ether oxygens (including phenoxy) is 2. The van der Waals surface area contributed by atoms with Gasteiger partial charge in [-0.05, 0) is 31.9 Å². The standard InChI is InChI=1S/C18H23NO4/c1-13(2)16(20)22-12-11-19-17(21)23-18(5,14(3)4)15-9-7-6-8-10-15/h6-10H,1,3,11-12H2,2,4-5H3,(H,19,21). The van der Waals surface area contributed by atoms with Crippen LogP contribution in [0.25, 0.3) is 0 Å². The number of nitrogens with one attached hydrogen (secondary N) is 1. The van der Waals surface area contributed by atoms with Crippen LogP contribution >= 0.6 is 0 Å². The van der Waals surface area contributed by atoms with Gasteiger partial charge >= 0.3 is 12.1 Å². The van der Waals surface area contributed by atoms with E-state index in [1.807, 2.05) is 30.3 Å². The van der Waals surface area contributed by atoms with E-state index in [1.165, 1.54) is 0 Å². The molecule has 0 radical (unpaired) electrons. The highest BCUT2D eigenvalue weighted by molar-refractivity contribution is 5.86. The molecule has 0 spiro atoms. The van der Waals surface area contributed by atoms with Gasteiger partial charge in [-0.25, -0.2) is 9.59 Å². The molecule has 1 atom stereocenters. The number of carbonyl (C=O) groups is 2. The Bertz CT molecular complexity index is 594. The maximum Gasteiger partial charge on any atom is 0.408 e. The van der Waals surface area contributed by atoms with E-state index in [0.29, 0.717) is 11.1 Å². The molecule has 124 valence electrons. The van der Waals surface area contributed by atoms with Crippen LogP contribution < -0.4 is 5.32 Å². The lowest BCUT2D eigenvalue weighted by Crippen LogP contribution is -2.37. The lowest BCUT2D eigenvalue weighted by molar-refractivity contribution is -0.138. The summed E-state index contributed by atoms with van der Waals surface area (Å²) in [6.07, 6.45) is -0.606. The summed E-state index contributed by atoms with van der Waals surface area (Å²) in [5.41, 5.74) is 0.912. The van der Waals surface area contributed by atoms with E-state index >= 15 is 0 Å². The Morgan fingerprint density at radius 3 is 2.30 bits per heavy atom. The minimum absolute atomic E-state index is 0.0515. The fraction of sp³-hybridized carbons (Fsp3) is 0.333. The van der Waals surface area contributed by atoms with Gasteiger partial charge < -0.3 is 14.8 Å². The van der Waals surface area contributed by atoms with Crippen LogP contribution in [0.4, 0.5) is 4.79 Å². The smallest absolute Gasteiger partial charge is 0.408 e. The third-order valence-electron chi connectivity index (χ3n) is 3.39. The van der Waals surface area contributed by atoms with Gasteiger partial charge in [0.15, 0.2) is 5.60 Å². The van der Waals surface area contributed by atoms with Crippen LogP contribution in [0.15, 0.2) is 54.6 Å². The van der Waals surface area contributed by atoms with Gasteiger partial charge in [0.2, 0.25) is 0 Å². The Hall–Kier alpha value is -2.56. The minimum atomic E-state index is -0.931. The zero-order valence-electron chi connectivity index (χ0n) is 13.8. The molecule has 0 aromatic heterocycles. The van der Waals surface area contributed by atoms with Crippen LogP contribution in [-0.4, -0.2) is 25.2 Å². The van der Waals surface area contributed by atoms with Crippen molar-refractivity contribution in [3.8, 4) is 0 Å². The van der Waals surface area contributed by atoms with Crippen molar-refractivity contribution in [1.29, 1.82) is 0 Å². The van der Waals surface area contributed by atoms with Gasteiger partial charge in [0.1, 0.15) is 6.61 Å². The lowest BCUT2D eigenvalue weighted by atomic mass is 9.89. The van der Waals surface area contributed by atoms with Gasteiger partial charge in [-0.2, -0.15) is 0 Å². The molecular weight excluding hydrogens is 294 g/mol. The highest BCUT2D eigenvalue weighted by Gasteiger charge is 2.31. The lowest BCUT2D eigenvalue weighted by Gasteiger charge is -2.30. The molecule has 1 aromatic carbocycles. The largest absolute Gasteiger partial charge is 0.460 e. The second-order valence-corrected chi connectivity index (χ2v) is 5.41. The summed E-state index contributed by atoms with van der Waals surface area (Å²) in [6, 6.07) is 9.37. The number of alkyl carbamates (subject to hydrolysis) is 1. The molecule has 1 rings (SSSR count). The van der Waals surface area contributed by atoms with E-state index in [2.05, 4.69) is 18.5 Å². The monoisotopic (exact) mass is 317 g/mol. The third-order valence-corrected chi connectivity index (χ3v) is 3.39. The van der Waals surface area contributed by atoms with Crippen molar-refractivity contribution < 1.29 is 19.1 Å². The predicted octanol–water partition coefficient (Wildman–Crippen LogP) is 3.32. The maximum atomic E-state index is 12.0. The van der Waals surface area contributed by atoms with Crippen molar-refractivity contribution in [2.75, 3.05) is 13.2 Å². The van der Waals surface area contributed by atoms with Gasteiger partial charge in [0.05, 0.1) is 6.54 Å². The molecular formula is C18H23NO4. The van der Waals surface area contributed by atoms with Crippen LogP contribution in [0.5, 0.6) is 0 Å². The number of benzene rings is 1. The van der Waals surface area contributed by atoms with E-state index in [0.717, 1.165) is 5.56 Å². The van der Waals surface area contributed by atoms with Crippen LogP contribution in [0.3, 0.4) is 0 Å². The molecule has 5 heteroatoms. The van der Waals surface area contributed by atoms with Crippen LogP contribution in [0.1, 0.15) is 26.3 Å². The topological polar surface area (TPSA) is 64.6 Å². The average Bonchev–Trinajstić information content (AvgIpc) is 2.51. The Kier molecular flexibility index (Phi) is 6.57. The molecule has 5 nitrogen and oxygen atoms in total. The van der Waals surface area contributed by atoms with E-state index in [9.17, 15) is 9.59 Å². The SMILES string of the molecule is C=C(C)C(=O)OCCNC(=O)OC(C)(C(=C)C)c1ccccc1. The summed E-state index contributed by atoms with van der Waals surface area (Å²) in [7, 11) is 0. The molecule has 0 heterocycles. The number of carbonyl (C=O) groups excluding carboxylic acids is 2. The minimum Gasteiger partial charge on any atom is -0.460 e. The quantitative estimate of drug-likeness (QED) is 0.363.